The third kappa shape index (κ3) is 4.28. The lowest BCUT2D eigenvalue weighted by Gasteiger charge is -2.53. The van der Waals surface area contributed by atoms with Gasteiger partial charge >= 0.3 is 0 Å². The second-order valence-electron chi connectivity index (χ2n) is 12.8. The quantitative estimate of drug-likeness (QED) is 0.375. The van der Waals surface area contributed by atoms with Crippen LogP contribution in [0.1, 0.15) is 111 Å². The average molecular weight is 435 g/mol. The largest absolute Gasteiger partial charge is 0.241 e. The maximum absolute atomic E-state index is 2.81. The van der Waals surface area contributed by atoms with Crippen molar-refractivity contribution in [2.75, 3.05) is 12.5 Å². The van der Waals surface area contributed by atoms with Crippen molar-refractivity contribution in [1.29, 1.82) is 0 Å². The molecule has 0 aromatic carbocycles. The molecule has 0 aromatic rings. The maximum atomic E-state index is 2.81. The van der Waals surface area contributed by atoms with Gasteiger partial charge in [-0.3, -0.25) is 0 Å². The van der Waals surface area contributed by atoms with Crippen LogP contribution in [0.4, 0.5) is 0 Å². The van der Waals surface area contributed by atoms with Gasteiger partial charge in [0.15, 0.2) is 0 Å². The Balaban J connectivity index is 1.57. The molecule has 0 aromatic heterocycles. The summed E-state index contributed by atoms with van der Waals surface area (Å²) < 4.78 is 0. The molecule has 4 aliphatic rings. The Morgan fingerprint density at radius 2 is 1.43 bits per heavy atom. The molecule has 0 N–H and O–H groups in total. The van der Waals surface area contributed by atoms with Gasteiger partial charge < -0.3 is 0 Å². The molecular formula is C29H54S. The summed E-state index contributed by atoms with van der Waals surface area (Å²) in [5.41, 5.74) is 0. The van der Waals surface area contributed by atoms with E-state index in [0.717, 1.165) is 57.8 Å². The van der Waals surface area contributed by atoms with Crippen LogP contribution in [0, 0.1) is 47.3 Å². The fourth-order valence-electron chi connectivity index (χ4n) is 9.43. The smallest absolute Gasteiger partial charge is 0.00802 e. The fraction of sp³-hybridized carbons (Fsp3) is 1.00. The highest BCUT2D eigenvalue weighted by Crippen LogP contribution is 2.67. The topological polar surface area (TPSA) is 0 Å². The van der Waals surface area contributed by atoms with Gasteiger partial charge in [0, 0.05) is 0 Å². The predicted molar refractivity (Wildman–Crippen MR) is 138 cm³/mol. The number of hydrogen-bond donors (Lipinski definition) is 0. The molecule has 30 heavy (non-hydrogen) atoms. The Bertz CT molecular complexity index is 553. The minimum Gasteiger partial charge on any atom is -0.241 e. The van der Waals surface area contributed by atoms with Gasteiger partial charge in [-0.1, -0.05) is 85.5 Å². The van der Waals surface area contributed by atoms with Crippen LogP contribution in [-0.4, -0.2) is 23.0 Å². The monoisotopic (exact) mass is 434 g/mol. The highest BCUT2D eigenvalue weighted by atomic mass is 32.3. The Morgan fingerprint density at radius 3 is 2.10 bits per heavy atom. The van der Waals surface area contributed by atoms with Crippen LogP contribution in [0.5, 0.6) is 0 Å². The first-order valence-electron chi connectivity index (χ1n) is 14.1. The van der Waals surface area contributed by atoms with Crippen molar-refractivity contribution in [3.05, 3.63) is 0 Å². The zero-order chi connectivity index (χ0) is 21.5. The third-order valence-electron chi connectivity index (χ3n) is 11.4. The van der Waals surface area contributed by atoms with Crippen LogP contribution in [0.25, 0.3) is 0 Å². The van der Waals surface area contributed by atoms with Gasteiger partial charge in [0.1, 0.15) is 0 Å². The van der Waals surface area contributed by atoms with E-state index < -0.39 is 10.0 Å². The van der Waals surface area contributed by atoms with Crippen molar-refractivity contribution < 1.29 is 0 Å². The van der Waals surface area contributed by atoms with Gasteiger partial charge in [-0.05, 0) is 96.0 Å². The van der Waals surface area contributed by atoms with E-state index >= 15 is 0 Å². The molecule has 4 saturated carbocycles. The molecule has 0 radical (unpaired) electrons. The second kappa shape index (κ2) is 9.69. The Kier molecular flexibility index (Phi) is 7.59. The first-order chi connectivity index (χ1) is 14.4. The molecule has 0 spiro atoms. The molecular weight excluding hydrogens is 380 g/mol. The van der Waals surface area contributed by atoms with Crippen LogP contribution < -0.4 is 0 Å². The van der Waals surface area contributed by atoms with Crippen LogP contribution in [0.15, 0.2) is 0 Å². The Labute approximate surface area is 191 Å². The second-order valence-corrected chi connectivity index (χ2v) is 17.1. The molecule has 10 atom stereocenters. The molecule has 0 bridgehead atoms. The SMILES string of the molecule is CCCC(C)[C@H]1C[C@@H](S(C)(C)[C@@H](C)C2CCCCC2CC)C2CC3CCCC3CC21. The highest BCUT2D eigenvalue weighted by molar-refractivity contribution is 8.33. The lowest BCUT2D eigenvalue weighted by molar-refractivity contribution is 0.109. The molecule has 4 rings (SSSR count). The van der Waals surface area contributed by atoms with Gasteiger partial charge in [0.05, 0.1) is 0 Å². The summed E-state index contributed by atoms with van der Waals surface area (Å²) in [6.45, 7) is 10.3. The van der Waals surface area contributed by atoms with E-state index in [-0.39, 0.29) is 0 Å². The van der Waals surface area contributed by atoms with E-state index in [1.165, 1.54) is 44.9 Å². The molecule has 4 fully saturated rings. The summed E-state index contributed by atoms with van der Waals surface area (Å²) in [4.78, 5) is 0. The molecule has 7 unspecified atom stereocenters. The molecule has 0 nitrogen and oxygen atoms in total. The molecule has 4 aliphatic carbocycles. The van der Waals surface area contributed by atoms with Crippen molar-refractivity contribution >= 4 is 10.0 Å². The molecule has 0 aliphatic heterocycles. The lowest BCUT2D eigenvalue weighted by Crippen LogP contribution is -2.40. The standard InChI is InChI=1S/C29H54S/c1-7-12-20(3)26-19-29(28-18-24-15-11-14-23(24)17-27(26)28)30(5,6)21(4)25-16-10-9-13-22(25)8-2/h20-29H,7-19H2,1-6H3/t20?,21-,22?,23?,24?,25?,26+,27?,28?,29+/m0/s1. The van der Waals surface area contributed by atoms with Crippen molar-refractivity contribution in [3.63, 3.8) is 0 Å². The van der Waals surface area contributed by atoms with E-state index in [2.05, 4.69) is 40.2 Å². The first-order valence-corrected chi connectivity index (χ1v) is 16.7. The van der Waals surface area contributed by atoms with E-state index in [9.17, 15) is 0 Å². The summed E-state index contributed by atoms with van der Waals surface area (Å²) >= 11 is 0. The Hall–Kier alpha value is 0.350. The molecule has 0 saturated heterocycles. The van der Waals surface area contributed by atoms with Crippen LogP contribution in [0.2, 0.25) is 0 Å². The van der Waals surface area contributed by atoms with Gasteiger partial charge in [0.25, 0.3) is 0 Å². The molecule has 176 valence electrons. The van der Waals surface area contributed by atoms with Crippen molar-refractivity contribution in [2.24, 2.45) is 47.3 Å². The summed E-state index contributed by atoms with van der Waals surface area (Å²) in [5.74, 6) is 8.47. The van der Waals surface area contributed by atoms with E-state index in [4.69, 9.17) is 0 Å². The maximum Gasteiger partial charge on any atom is -0.00802 e. The van der Waals surface area contributed by atoms with Gasteiger partial charge in [-0.25, -0.2) is 10.0 Å². The molecule has 0 amide bonds. The summed E-state index contributed by atoms with van der Waals surface area (Å²) in [6, 6.07) is 0. The number of rotatable bonds is 7. The van der Waals surface area contributed by atoms with Crippen LogP contribution in [-0.2, 0) is 0 Å². The van der Waals surface area contributed by atoms with Gasteiger partial charge in [0.2, 0.25) is 0 Å². The van der Waals surface area contributed by atoms with E-state index in [1.54, 1.807) is 38.5 Å². The fourth-order valence-corrected chi connectivity index (χ4v) is 13.2. The zero-order valence-electron chi connectivity index (χ0n) is 21.4. The average Bonchev–Trinajstić information content (AvgIpc) is 3.35. The van der Waals surface area contributed by atoms with Crippen molar-refractivity contribution in [3.8, 4) is 0 Å². The first kappa shape index (κ1) is 23.5. The third-order valence-corrected chi connectivity index (χ3v) is 15.7. The lowest BCUT2D eigenvalue weighted by atomic mass is 9.67. The van der Waals surface area contributed by atoms with Gasteiger partial charge in [-0.15, -0.1) is 0 Å². The zero-order valence-corrected chi connectivity index (χ0v) is 22.2. The molecule has 0 heterocycles. The van der Waals surface area contributed by atoms with Crippen LogP contribution >= 0.6 is 10.0 Å². The predicted octanol–water partition coefficient (Wildman–Crippen LogP) is 8.92. The Morgan fingerprint density at radius 1 is 0.767 bits per heavy atom. The van der Waals surface area contributed by atoms with Crippen molar-refractivity contribution in [2.45, 2.75) is 122 Å². The summed E-state index contributed by atoms with van der Waals surface area (Å²) in [6.07, 6.45) is 25.5. The normalized spacial score (nSPS) is 44.3. The summed E-state index contributed by atoms with van der Waals surface area (Å²) in [7, 11) is -0.562. The van der Waals surface area contributed by atoms with E-state index in [1.807, 2.05) is 0 Å². The molecule has 1 heteroatoms. The van der Waals surface area contributed by atoms with Gasteiger partial charge in [-0.2, -0.15) is 0 Å². The minimum atomic E-state index is -0.562. The van der Waals surface area contributed by atoms with E-state index in [0.29, 0.717) is 0 Å². The number of fused-ring (bicyclic) bond motifs is 2. The minimum absolute atomic E-state index is 0.562. The van der Waals surface area contributed by atoms with Crippen molar-refractivity contribution in [1.82, 2.24) is 0 Å². The highest BCUT2D eigenvalue weighted by Gasteiger charge is 2.54. The summed E-state index contributed by atoms with van der Waals surface area (Å²) in [5, 5.41) is 2.05. The number of hydrogen-bond acceptors (Lipinski definition) is 0. The van der Waals surface area contributed by atoms with Crippen LogP contribution in [0.3, 0.4) is 0 Å².